The summed E-state index contributed by atoms with van der Waals surface area (Å²) in [5.41, 5.74) is 6.68. The first-order chi connectivity index (χ1) is 9.31. The molecule has 0 spiro atoms. The summed E-state index contributed by atoms with van der Waals surface area (Å²) in [5.74, 6) is 1.06. The Morgan fingerprint density at radius 1 is 1.16 bits per heavy atom. The molecule has 0 radical (unpaired) electrons. The Morgan fingerprint density at radius 2 is 2.11 bits per heavy atom. The van der Waals surface area contributed by atoms with Crippen molar-refractivity contribution in [1.82, 2.24) is 34.7 Å². The molecule has 3 aromatic rings. The third kappa shape index (κ3) is 2.51. The maximum absolute atomic E-state index is 5.68. The van der Waals surface area contributed by atoms with Gasteiger partial charge in [-0.15, -0.1) is 0 Å². The van der Waals surface area contributed by atoms with E-state index in [1.54, 1.807) is 12.4 Å². The molecular weight excluding hydrogens is 244 g/mol. The Morgan fingerprint density at radius 3 is 2.84 bits per heavy atom. The maximum atomic E-state index is 5.68. The SMILES string of the molecule is Nc1nc(Cc2cccnc2)nc(-n2cncn2)n1. The molecule has 0 unspecified atom stereocenters. The van der Waals surface area contributed by atoms with Crippen LogP contribution >= 0.6 is 0 Å². The normalized spacial score (nSPS) is 10.5. The van der Waals surface area contributed by atoms with E-state index in [-0.39, 0.29) is 5.95 Å². The molecule has 8 nitrogen and oxygen atoms in total. The van der Waals surface area contributed by atoms with Crippen LogP contribution in [-0.2, 0) is 6.42 Å². The van der Waals surface area contributed by atoms with E-state index >= 15 is 0 Å². The molecule has 94 valence electrons. The van der Waals surface area contributed by atoms with Crippen LogP contribution in [-0.4, -0.2) is 34.7 Å². The Hall–Kier alpha value is -2.90. The molecule has 0 bridgehead atoms. The van der Waals surface area contributed by atoms with Crippen molar-refractivity contribution in [3.8, 4) is 5.95 Å². The molecule has 3 aromatic heterocycles. The van der Waals surface area contributed by atoms with Gasteiger partial charge in [-0.2, -0.15) is 24.7 Å². The molecule has 0 saturated carbocycles. The topological polar surface area (TPSA) is 108 Å². The van der Waals surface area contributed by atoms with Gasteiger partial charge in [-0.3, -0.25) is 4.98 Å². The van der Waals surface area contributed by atoms with Crippen molar-refractivity contribution in [3.63, 3.8) is 0 Å². The van der Waals surface area contributed by atoms with Gasteiger partial charge in [0.05, 0.1) is 0 Å². The van der Waals surface area contributed by atoms with E-state index in [0.29, 0.717) is 18.2 Å². The number of aromatic nitrogens is 7. The van der Waals surface area contributed by atoms with Crippen molar-refractivity contribution in [2.24, 2.45) is 0 Å². The number of hydrogen-bond donors (Lipinski definition) is 1. The summed E-state index contributed by atoms with van der Waals surface area (Å²) in [6.45, 7) is 0. The molecule has 0 aliphatic carbocycles. The number of nitrogen functional groups attached to an aromatic ring is 1. The zero-order valence-electron chi connectivity index (χ0n) is 9.88. The zero-order chi connectivity index (χ0) is 13.1. The van der Waals surface area contributed by atoms with Gasteiger partial charge in [-0.25, -0.2) is 4.98 Å². The van der Waals surface area contributed by atoms with Crippen LogP contribution in [0.25, 0.3) is 5.95 Å². The van der Waals surface area contributed by atoms with Gasteiger partial charge in [0, 0.05) is 18.8 Å². The molecule has 3 rings (SSSR count). The molecular formula is C11H10N8. The predicted octanol–water partition coefficient (Wildman–Crippen LogP) is 0.0203. The van der Waals surface area contributed by atoms with Crippen molar-refractivity contribution < 1.29 is 0 Å². The fourth-order valence-electron chi connectivity index (χ4n) is 1.60. The first kappa shape index (κ1) is 11.2. The summed E-state index contributed by atoms with van der Waals surface area (Å²) in [6.07, 6.45) is 6.91. The van der Waals surface area contributed by atoms with Crippen LogP contribution in [0.3, 0.4) is 0 Å². The smallest absolute Gasteiger partial charge is 0.257 e. The van der Waals surface area contributed by atoms with E-state index in [9.17, 15) is 0 Å². The molecule has 0 fully saturated rings. The summed E-state index contributed by atoms with van der Waals surface area (Å²) in [5, 5.41) is 3.96. The van der Waals surface area contributed by atoms with Crippen molar-refractivity contribution in [1.29, 1.82) is 0 Å². The second kappa shape index (κ2) is 4.77. The number of hydrogen-bond acceptors (Lipinski definition) is 7. The van der Waals surface area contributed by atoms with E-state index in [4.69, 9.17) is 5.73 Å². The van der Waals surface area contributed by atoms with Gasteiger partial charge >= 0.3 is 0 Å². The second-order valence-corrected chi connectivity index (χ2v) is 3.79. The van der Waals surface area contributed by atoms with E-state index in [1.807, 2.05) is 12.1 Å². The Labute approximate surface area is 108 Å². The molecule has 0 aromatic carbocycles. The first-order valence-electron chi connectivity index (χ1n) is 5.55. The zero-order valence-corrected chi connectivity index (χ0v) is 9.88. The van der Waals surface area contributed by atoms with Crippen LogP contribution in [0.2, 0.25) is 0 Å². The molecule has 0 aliphatic rings. The summed E-state index contributed by atoms with van der Waals surface area (Å²) < 4.78 is 1.44. The maximum Gasteiger partial charge on any atom is 0.257 e. The monoisotopic (exact) mass is 254 g/mol. The largest absolute Gasteiger partial charge is 0.368 e. The number of anilines is 1. The highest BCUT2D eigenvalue weighted by atomic mass is 15.4. The minimum absolute atomic E-state index is 0.152. The van der Waals surface area contributed by atoms with Gasteiger partial charge in [0.15, 0.2) is 0 Å². The van der Waals surface area contributed by atoms with Gasteiger partial charge in [0.25, 0.3) is 5.95 Å². The third-order valence-corrected chi connectivity index (χ3v) is 2.40. The average molecular weight is 254 g/mol. The summed E-state index contributed by atoms with van der Waals surface area (Å²) in [7, 11) is 0. The van der Waals surface area contributed by atoms with Crippen LogP contribution in [0.4, 0.5) is 5.95 Å². The van der Waals surface area contributed by atoms with Gasteiger partial charge in [-0.05, 0) is 11.6 Å². The highest BCUT2D eigenvalue weighted by Gasteiger charge is 2.07. The van der Waals surface area contributed by atoms with Crippen LogP contribution in [0.1, 0.15) is 11.4 Å². The minimum atomic E-state index is 0.152. The lowest BCUT2D eigenvalue weighted by Crippen LogP contribution is -2.10. The molecule has 3 heterocycles. The van der Waals surface area contributed by atoms with E-state index < -0.39 is 0 Å². The molecule has 0 atom stereocenters. The van der Waals surface area contributed by atoms with Gasteiger partial charge in [0.2, 0.25) is 5.95 Å². The van der Waals surface area contributed by atoms with Crippen molar-refractivity contribution in [2.75, 3.05) is 5.73 Å². The van der Waals surface area contributed by atoms with Gasteiger partial charge in [-0.1, -0.05) is 6.07 Å². The molecule has 0 amide bonds. The molecule has 8 heteroatoms. The average Bonchev–Trinajstić information content (AvgIpc) is 2.93. The van der Waals surface area contributed by atoms with E-state index in [2.05, 4.69) is 30.0 Å². The van der Waals surface area contributed by atoms with Crippen molar-refractivity contribution in [2.45, 2.75) is 6.42 Å². The second-order valence-electron chi connectivity index (χ2n) is 3.79. The number of nitrogens with zero attached hydrogens (tertiary/aromatic N) is 7. The quantitative estimate of drug-likeness (QED) is 0.701. The van der Waals surface area contributed by atoms with Crippen LogP contribution in [0.5, 0.6) is 0 Å². The predicted molar refractivity (Wildman–Crippen MR) is 66.2 cm³/mol. The minimum Gasteiger partial charge on any atom is -0.368 e. The van der Waals surface area contributed by atoms with Crippen molar-refractivity contribution >= 4 is 5.95 Å². The highest BCUT2D eigenvalue weighted by Crippen LogP contribution is 2.07. The molecule has 0 saturated heterocycles. The van der Waals surface area contributed by atoms with Crippen LogP contribution in [0, 0.1) is 0 Å². The molecule has 19 heavy (non-hydrogen) atoms. The molecule has 0 aliphatic heterocycles. The molecule has 2 N–H and O–H groups in total. The summed E-state index contributed by atoms with van der Waals surface area (Å²) in [6, 6.07) is 3.81. The fraction of sp³-hybridized carbons (Fsp3) is 0.0909. The number of rotatable bonds is 3. The lowest BCUT2D eigenvalue weighted by Gasteiger charge is -2.04. The van der Waals surface area contributed by atoms with E-state index in [0.717, 1.165) is 5.56 Å². The standard InChI is InChI=1S/C11H10N8/c12-10-16-9(4-8-2-1-3-13-5-8)17-11(18-10)19-7-14-6-15-19/h1-3,5-7H,4H2,(H2,12,16,17,18). The summed E-state index contributed by atoms with van der Waals surface area (Å²) in [4.78, 5) is 20.3. The first-order valence-corrected chi connectivity index (χ1v) is 5.55. The Bertz CT molecular complexity index is 664. The fourth-order valence-corrected chi connectivity index (χ4v) is 1.60. The Balaban J connectivity index is 1.94. The number of nitrogens with two attached hydrogens (primary N) is 1. The van der Waals surface area contributed by atoms with Crippen LogP contribution < -0.4 is 5.73 Å². The number of pyridine rings is 1. The van der Waals surface area contributed by atoms with Gasteiger partial charge < -0.3 is 5.73 Å². The lowest BCUT2D eigenvalue weighted by molar-refractivity contribution is 0.775. The van der Waals surface area contributed by atoms with Gasteiger partial charge in [0.1, 0.15) is 18.5 Å². The lowest BCUT2D eigenvalue weighted by atomic mass is 10.2. The van der Waals surface area contributed by atoms with Crippen LogP contribution in [0.15, 0.2) is 37.2 Å². The van der Waals surface area contributed by atoms with Crippen molar-refractivity contribution in [3.05, 3.63) is 48.6 Å². The van der Waals surface area contributed by atoms with E-state index in [1.165, 1.54) is 17.3 Å². The Kier molecular flexibility index (Phi) is 2.81. The third-order valence-electron chi connectivity index (χ3n) is 2.40. The highest BCUT2D eigenvalue weighted by molar-refractivity contribution is 5.24. The summed E-state index contributed by atoms with van der Waals surface area (Å²) >= 11 is 0.